The zero-order valence-electron chi connectivity index (χ0n) is 8.68. The maximum absolute atomic E-state index is 6.00. The molecule has 2 rings (SSSR count). The number of hydrogen-bond acceptors (Lipinski definition) is 1. The van der Waals surface area contributed by atoms with Crippen LogP contribution in [0.3, 0.4) is 0 Å². The average molecular weight is 184 g/mol. The lowest BCUT2D eigenvalue weighted by molar-refractivity contribution is 0.291. The van der Waals surface area contributed by atoms with Gasteiger partial charge in [-0.05, 0) is 18.8 Å². The standard InChI is InChI=1S/C10H20OSi/c1-8-6-5-7-9-10(8,11-9)12(2,3)4/h8-9H,5-7H2,1-4H3/t8-,9+,10+/m0/s1. The Hall–Kier alpha value is 0.177. The molecule has 1 saturated heterocycles. The van der Waals surface area contributed by atoms with Crippen molar-refractivity contribution in [1.29, 1.82) is 0 Å². The molecule has 70 valence electrons. The molecule has 0 spiro atoms. The van der Waals surface area contributed by atoms with E-state index in [1.54, 1.807) is 0 Å². The zero-order valence-corrected chi connectivity index (χ0v) is 9.68. The van der Waals surface area contributed by atoms with E-state index in [1.165, 1.54) is 19.3 Å². The van der Waals surface area contributed by atoms with Crippen LogP contribution < -0.4 is 0 Å². The molecular formula is C10H20OSi. The fourth-order valence-electron chi connectivity index (χ4n) is 3.13. The van der Waals surface area contributed by atoms with Gasteiger partial charge in [0, 0.05) is 0 Å². The van der Waals surface area contributed by atoms with E-state index >= 15 is 0 Å². The quantitative estimate of drug-likeness (QED) is 0.451. The van der Waals surface area contributed by atoms with Crippen LogP contribution in [0.15, 0.2) is 0 Å². The van der Waals surface area contributed by atoms with Gasteiger partial charge in [0.15, 0.2) is 0 Å². The number of epoxide rings is 1. The molecule has 0 aromatic rings. The highest BCUT2D eigenvalue weighted by atomic mass is 28.3. The first-order valence-corrected chi connectivity index (χ1v) is 8.66. The van der Waals surface area contributed by atoms with Crippen molar-refractivity contribution in [2.24, 2.45) is 5.92 Å². The smallest absolute Gasteiger partial charge is 0.0864 e. The van der Waals surface area contributed by atoms with E-state index in [-0.39, 0.29) is 0 Å². The van der Waals surface area contributed by atoms with Gasteiger partial charge in [-0.2, -0.15) is 0 Å². The molecule has 2 fully saturated rings. The number of rotatable bonds is 1. The molecular weight excluding hydrogens is 164 g/mol. The Labute approximate surface area is 76.5 Å². The minimum absolute atomic E-state index is 0.380. The third-order valence-electron chi connectivity index (χ3n) is 3.77. The molecule has 1 saturated carbocycles. The van der Waals surface area contributed by atoms with Crippen LogP contribution in [0, 0.1) is 5.92 Å². The molecule has 2 aliphatic rings. The molecule has 0 aromatic heterocycles. The van der Waals surface area contributed by atoms with Gasteiger partial charge in [0.2, 0.25) is 0 Å². The summed E-state index contributed by atoms with van der Waals surface area (Å²) in [6.45, 7) is 9.75. The van der Waals surface area contributed by atoms with Gasteiger partial charge in [0.25, 0.3) is 0 Å². The van der Waals surface area contributed by atoms with E-state index in [0.29, 0.717) is 11.3 Å². The Balaban J connectivity index is 2.22. The van der Waals surface area contributed by atoms with Gasteiger partial charge in [-0.3, -0.25) is 0 Å². The summed E-state index contributed by atoms with van der Waals surface area (Å²) in [6.07, 6.45) is 4.75. The van der Waals surface area contributed by atoms with Crippen molar-refractivity contribution in [3.8, 4) is 0 Å². The minimum Gasteiger partial charge on any atom is -0.370 e. The largest absolute Gasteiger partial charge is 0.370 e. The Kier molecular flexibility index (Phi) is 1.72. The van der Waals surface area contributed by atoms with E-state index in [2.05, 4.69) is 26.6 Å². The van der Waals surface area contributed by atoms with Gasteiger partial charge in [0.1, 0.15) is 0 Å². The first-order valence-electron chi connectivity index (χ1n) is 5.16. The molecule has 0 N–H and O–H groups in total. The van der Waals surface area contributed by atoms with Crippen molar-refractivity contribution in [2.75, 3.05) is 0 Å². The second-order valence-corrected chi connectivity index (χ2v) is 10.8. The third kappa shape index (κ3) is 0.941. The summed E-state index contributed by atoms with van der Waals surface area (Å²) in [5, 5.41) is 0.380. The highest BCUT2D eigenvalue weighted by molar-refractivity contribution is 6.80. The minimum atomic E-state index is -1.09. The Morgan fingerprint density at radius 2 is 1.92 bits per heavy atom. The van der Waals surface area contributed by atoms with Gasteiger partial charge in [-0.25, -0.2) is 0 Å². The SMILES string of the molecule is C[C@H]1CCC[C@H]2O[C@@]12[Si](C)(C)C. The van der Waals surface area contributed by atoms with Crippen LogP contribution in [0.25, 0.3) is 0 Å². The predicted octanol–water partition coefficient (Wildman–Crippen LogP) is 2.82. The van der Waals surface area contributed by atoms with Crippen LogP contribution in [0.1, 0.15) is 26.2 Å². The molecule has 1 aliphatic heterocycles. The van der Waals surface area contributed by atoms with Crippen molar-refractivity contribution >= 4 is 8.07 Å². The molecule has 3 atom stereocenters. The third-order valence-corrected chi connectivity index (χ3v) is 7.04. The molecule has 0 aromatic carbocycles. The Morgan fingerprint density at radius 1 is 1.25 bits per heavy atom. The fraction of sp³-hybridized carbons (Fsp3) is 1.00. The second-order valence-electron chi connectivity index (χ2n) is 5.48. The van der Waals surface area contributed by atoms with Crippen LogP contribution in [0.4, 0.5) is 0 Å². The van der Waals surface area contributed by atoms with E-state index in [9.17, 15) is 0 Å². The van der Waals surface area contributed by atoms with Gasteiger partial charge >= 0.3 is 0 Å². The van der Waals surface area contributed by atoms with Crippen molar-refractivity contribution in [2.45, 2.75) is 57.2 Å². The van der Waals surface area contributed by atoms with Crippen LogP contribution in [0.2, 0.25) is 19.6 Å². The summed E-state index contributed by atoms with van der Waals surface area (Å²) in [5.41, 5.74) is 0. The van der Waals surface area contributed by atoms with Gasteiger partial charge in [-0.1, -0.05) is 33.0 Å². The number of ether oxygens (including phenoxy) is 1. The first kappa shape index (κ1) is 8.76. The normalized spacial score (nSPS) is 47.0. The van der Waals surface area contributed by atoms with Crippen molar-refractivity contribution in [3.05, 3.63) is 0 Å². The molecule has 0 bridgehead atoms. The van der Waals surface area contributed by atoms with Gasteiger partial charge < -0.3 is 4.74 Å². The van der Waals surface area contributed by atoms with Crippen molar-refractivity contribution < 1.29 is 4.74 Å². The predicted molar refractivity (Wildman–Crippen MR) is 54.0 cm³/mol. The first-order chi connectivity index (χ1) is 5.48. The second kappa shape index (κ2) is 2.35. The molecule has 2 heteroatoms. The topological polar surface area (TPSA) is 12.5 Å². The lowest BCUT2D eigenvalue weighted by Crippen LogP contribution is -2.49. The van der Waals surface area contributed by atoms with Crippen LogP contribution in [0.5, 0.6) is 0 Å². The zero-order chi connectivity index (χ0) is 8.98. The molecule has 1 nitrogen and oxygen atoms in total. The highest BCUT2D eigenvalue weighted by Crippen LogP contribution is 2.56. The van der Waals surface area contributed by atoms with Gasteiger partial charge in [-0.15, -0.1) is 0 Å². The molecule has 1 aliphatic carbocycles. The molecule has 0 unspecified atom stereocenters. The van der Waals surface area contributed by atoms with Gasteiger partial charge in [0.05, 0.1) is 19.4 Å². The molecule has 12 heavy (non-hydrogen) atoms. The highest BCUT2D eigenvalue weighted by Gasteiger charge is 2.67. The van der Waals surface area contributed by atoms with Crippen molar-refractivity contribution in [1.82, 2.24) is 0 Å². The van der Waals surface area contributed by atoms with E-state index in [1.807, 2.05) is 0 Å². The summed E-state index contributed by atoms with van der Waals surface area (Å²) < 4.78 is 6.00. The summed E-state index contributed by atoms with van der Waals surface area (Å²) in [6, 6.07) is 0. The average Bonchev–Trinajstić information content (AvgIpc) is 2.62. The summed E-state index contributed by atoms with van der Waals surface area (Å²) in [5.74, 6) is 0.822. The lowest BCUT2D eigenvalue weighted by atomic mass is 9.90. The Bertz CT molecular complexity index is 197. The number of fused-ring (bicyclic) bond motifs is 1. The van der Waals surface area contributed by atoms with E-state index < -0.39 is 8.07 Å². The number of hydrogen-bond donors (Lipinski definition) is 0. The van der Waals surface area contributed by atoms with Crippen LogP contribution in [-0.2, 0) is 4.74 Å². The maximum atomic E-state index is 6.00. The van der Waals surface area contributed by atoms with Crippen molar-refractivity contribution in [3.63, 3.8) is 0 Å². The molecule has 0 radical (unpaired) electrons. The monoisotopic (exact) mass is 184 g/mol. The Morgan fingerprint density at radius 3 is 2.33 bits per heavy atom. The molecule has 1 heterocycles. The summed E-state index contributed by atoms with van der Waals surface area (Å²) in [4.78, 5) is 0. The summed E-state index contributed by atoms with van der Waals surface area (Å²) >= 11 is 0. The van der Waals surface area contributed by atoms with Crippen LogP contribution >= 0.6 is 0 Å². The summed E-state index contributed by atoms with van der Waals surface area (Å²) in [7, 11) is -1.09. The maximum Gasteiger partial charge on any atom is 0.0864 e. The molecule has 0 amide bonds. The van der Waals surface area contributed by atoms with E-state index in [4.69, 9.17) is 4.74 Å². The fourth-order valence-corrected chi connectivity index (χ4v) is 6.36. The lowest BCUT2D eigenvalue weighted by Gasteiger charge is -2.34. The van der Waals surface area contributed by atoms with E-state index in [0.717, 1.165) is 5.92 Å². The van der Waals surface area contributed by atoms with Crippen LogP contribution in [-0.4, -0.2) is 19.4 Å².